The normalized spacial score (nSPS) is 10.1. The van der Waals surface area contributed by atoms with Gasteiger partial charge in [0.05, 0.1) is 6.54 Å². The molecule has 4 N–H and O–H groups in total. The molecule has 0 aliphatic carbocycles. The molecular formula is C13H22N6O3. The molecule has 0 bridgehead atoms. The van der Waals surface area contributed by atoms with E-state index in [2.05, 4.69) is 26.1 Å². The van der Waals surface area contributed by atoms with Crippen molar-refractivity contribution < 1.29 is 9.59 Å². The number of carbonyl (C=O) groups excluding carboxylic acids is 2. The molecule has 0 saturated carbocycles. The van der Waals surface area contributed by atoms with Crippen LogP contribution >= 0.6 is 0 Å². The Balaban J connectivity index is 2.45. The second-order valence-electron chi connectivity index (χ2n) is 4.58. The van der Waals surface area contributed by atoms with E-state index >= 15 is 0 Å². The van der Waals surface area contributed by atoms with E-state index in [0.717, 1.165) is 0 Å². The average Bonchev–Trinajstić information content (AvgIpc) is 2.52. The molecule has 0 fully saturated rings. The number of aromatic nitrogens is 2. The number of likely N-dealkylation sites (N-methyl/N-ethyl adjacent to an activating group) is 2. The Hall–Kier alpha value is -2.42. The lowest BCUT2D eigenvalue weighted by Gasteiger charge is -2.21. The first kappa shape index (κ1) is 17.6. The van der Waals surface area contributed by atoms with Crippen LogP contribution in [0, 0.1) is 0 Å². The van der Waals surface area contributed by atoms with Crippen LogP contribution in [0.2, 0.25) is 0 Å². The first-order valence-electron chi connectivity index (χ1n) is 6.99. The van der Waals surface area contributed by atoms with Gasteiger partial charge in [0.15, 0.2) is 0 Å². The van der Waals surface area contributed by atoms with Gasteiger partial charge in [0.25, 0.3) is 5.56 Å². The van der Waals surface area contributed by atoms with Gasteiger partial charge in [-0.2, -0.15) is 5.10 Å². The summed E-state index contributed by atoms with van der Waals surface area (Å²) in [5.74, 6) is 0.149. The number of hydrogen-bond donors (Lipinski definition) is 4. The van der Waals surface area contributed by atoms with Crippen LogP contribution in [0.1, 0.15) is 6.42 Å². The van der Waals surface area contributed by atoms with Crippen LogP contribution in [-0.4, -0.2) is 67.2 Å². The first-order chi connectivity index (χ1) is 10.6. The molecule has 122 valence electrons. The number of anilines is 1. The largest absolute Gasteiger partial charge is 0.368 e. The van der Waals surface area contributed by atoms with Crippen LogP contribution in [-0.2, 0) is 9.59 Å². The van der Waals surface area contributed by atoms with Gasteiger partial charge in [-0.05, 0) is 13.1 Å². The monoisotopic (exact) mass is 310 g/mol. The zero-order valence-electron chi connectivity index (χ0n) is 12.8. The summed E-state index contributed by atoms with van der Waals surface area (Å²) in [4.78, 5) is 35.9. The summed E-state index contributed by atoms with van der Waals surface area (Å²) in [6.07, 6.45) is 0.224. The van der Waals surface area contributed by atoms with Crippen molar-refractivity contribution in [3.63, 3.8) is 0 Å². The molecule has 0 radical (unpaired) electrons. The molecule has 0 unspecified atom stereocenters. The van der Waals surface area contributed by atoms with Crippen LogP contribution in [0.5, 0.6) is 0 Å². The second-order valence-corrected chi connectivity index (χ2v) is 4.58. The minimum atomic E-state index is -0.287. The Bertz CT molecular complexity index is 524. The Labute approximate surface area is 128 Å². The van der Waals surface area contributed by atoms with Crippen LogP contribution in [0.4, 0.5) is 5.82 Å². The molecule has 0 aliphatic rings. The van der Waals surface area contributed by atoms with Crippen molar-refractivity contribution in [2.24, 2.45) is 0 Å². The zero-order chi connectivity index (χ0) is 16.4. The maximum atomic E-state index is 12.1. The Kier molecular flexibility index (Phi) is 7.62. The zero-order valence-corrected chi connectivity index (χ0v) is 12.8. The van der Waals surface area contributed by atoms with E-state index in [-0.39, 0.29) is 30.3 Å². The van der Waals surface area contributed by atoms with Gasteiger partial charge in [-0.1, -0.05) is 0 Å². The molecule has 1 aromatic heterocycles. The minimum absolute atomic E-state index is 0.0356. The molecule has 1 aromatic rings. The van der Waals surface area contributed by atoms with Crippen molar-refractivity contribution >= 4 is 17.6 Å². The van der Waals surface area contributed by atoms with Crippen molar-refractivity contribution in [3.8, 4) is 0 Å². The van der Waals surface area contributed by atoms with Gasteiger partial charge in [-0.25, -0.2) is 5.10 Å². The van der Waals surface area contributed by atoms with E-state index in [1.807, 2.05) is 0 Å². The number of aromatic amines is 1. The number of hydrogen-bond acceptors (Lipinski definition) is 6. The van der Waals surface area contributed by atoms with Crippen LogP contribution in [0.3, 0.4) is 0 Å². The van der Waals surface area contributed by atoms with Crippen molar-refractivity contribution in [1.82, 2.24) is 25.7 Å². The van der Waals surface area contributed by atoms with Gasteiger partial charge in [0.2, 0.25) is 11.8 Å². The highest BCUT2D eigenvalue weighted by molar-refractivity contribution is 5.84. The smallest absolute Gasteiger partial charge is 0.264 e. The summed E-state index contributed by atoms with van der Waals surface area (Å²) in [5, 5.41) is 14.5. The van der Waals surface area contributed by atoms with Crippen molar-refractivity contribution in [1.29, 1.82) is 0 Å². The molecule has 0 atom stereocenters. The van der Waals surface area contributed by atoms with Crippen LogP contribution in [0.25, 0.3) is 0 Å². The van der Waals surface area contributed by atoms with Gasteiger partial charge in [0, 0.05) is 39.2 Å². The van der Waals surface area contributed by atoms with E-state index in [1.54, 1.807) is 7.05 Å². The fraction of sp³-hybridized carbons (Fsp3) is 0.538. The van der Waals surface area contributed by atoms with Crippen molar-refractivity contribution in [2.75, 3.05) is 45.6 Å². The maximum absolute atomic E-state index is 12.1. The van der Waals surface area contributed by atoms with Crippen molar-refractivity contribution in [3.05, 3.63) is 22.5 Å². The van der Waals surface area contributed by atoms with Gasteiger partial charge < -0.3 is 20.9 Å². The summed E-state index contributed by atoms with van der Waals surface area (Å²) in [5.41, 5.74) is -0.287. The number of amides is 2. The van der Waals surface area contributed by atoms with E-state index in [4.69, 9.17) is 0 Å². The van der Waals surface area contributed by atoms with Gasteiger partial charge in [-0.3, -0.25) is 14.4 Å². The number of nitrogens with one attached hydrogen (secondary N) is 4. The van der Waals surface area contributed by atoms with Crippen LogP contribution in [0.15, 0.2) is 16.9 Å². The van der Waals surface area contributed by atoms with Gasteiger partial charge in [-0.15, -0.1) is 0 Å². The lowest BCUT2D eigenvalue weighted by molar-refractivity contribution is -0.135. The molecule has 9 nitrogen and oxygen atoms in total. The molecule has 0 aliphatic heterocycles. The number of H-pyrrole nitrogens is 1. The third-order valence-electron chi connectivity index (χ3n) is 2.92. The number of carbonyl (C=O) groups is 2. The first-order valence-corrected chi connectivity index (χ1v) is 6.99. The van der Waals surface area contributed by atoms with Gasteiger partial charge >= 0.3 is 0 Å². The Morgan fingerprint density at radius 1 is 1.27 bits per heavy atom. The summed E-state index contributed by atoms with van der Waals surface area (Å²) in [7, 11) is 3.32. The van der Waals surface area contributed by atoms with E-state index in [9.17, 15) is 14.4 Å². The lowest BCUT2D eigenvalue weighted by Crippen LogP contribution is -2.43. The molecule has 9 heteroatoms. The predicted molar refractivity (Wildman–Crippen MR) is 82.5 cm³/mol. The van der Waals surface area contributed by atoms with Crippen LogP contribution < -0.4 is 21.5 Å². The quantitative estimate of drug-likeness (QED) is 0.435. The van der Waals surface area contributed by atoms with Crippen molar-refractivity contribution in [2.45, 2.75) is 6.42 Å². The SMILES string of the molecule is CNCCN(CC(=O)NC)C(=O)CCNc1ccc(=O)[nH]n1. The van der Waals surface area contributed by atoms with E-state index < -0.39 is 0 Å². The summed E-state index contributed by atoms with van der Waals surface area (Å²) >= 11 is 0. The fourth-order valence-electron chi connectivity index (χ4n) is 1.69. The third kappa shape index (κ3) is 6.35. The molecule has 0 spiro atoms. The standard InChI is InChI=1S/C13H22N6O3/c1-14-7-8-19(9-12(21)15-2)13(22)5-6-16-10-3-4-11(20)18-17-10/h3-4,14H,5-9H2,1-2H3,(H,15,21)(H,16,17)(H,18,20). The topological polar surface area (TPSA) is 119 Å². The second kappa shape index (κ2) is 9.50. The number of rotatable bonds is 9. The Morgan fingerprint density at radius 2 is 2.05 bits per heavy atom. The highest BCUT2D eigenvalue weighted by Gasteiger charge is 2.15. The average molecular weight is 310 g/mol. The molecule has 1 rings (SSSR count). The third-order valence-corrected chi connectivity index (χ3v) is 2.92. The minimum Gasteiger partial charge on any atom is -0.368 e. The maximum Gasteiger partial charge on any atom is 0.264 e. The van der Waals surface area contributed by atoms with E-state index in [0.29, 0.717) is 25.5 Å². The van der Waals surface area contributed by atoms with E-state index in [1.165, 1.54) is 24.1 Å². The number of nitrogens with zero attached hydrogens (tertiary/aromatic N) is 2. The molecule has 1 heterocycles. The highest BCUT2D eigenvalue weighted by Crippen LogP contribution is 1.99. The predicted octanol–water partition coefficient (Wildman–Crippen LogP) is -1.63. The van der Waals surface area contributed by atoms with Gasteiger partial charge in [0.1, 0.15) is 5.82 Å². The summed E-state index contributed by atoms with van der Waals surface area (Å²) < 4.78 is 0. The fourth-order valence-corrected chi connectivity index (χ4v) is 1.69. The lowest BCUT2D eigenvalue weighted by atomic mass is 10.3. The molecular weight excluding hydrogens is 288 g/mol. The summed E-state index contributed by atoms with van der Waals surface area (Å²) in [6, 6.07) is 2.88. The Morgan fingerprint density at radius 3 is 2.64 bits per heavy atom. The molecule has 2 amide bonds. The highest BCUT2D eigenvalue weighted by atomic mass is 16.2. The molecule has 22 heavy (non-hydrogen) atoms. The summed E-state index contributed by atoms with van der Waals surface area (Å²) in [6.45, 7) is 1.47. The molecule has 0 aromatic carbocycles. The molecule has 0 saturated heterocycles.